The summed E-state index contributed by atoms with van der Waals surface area (Å²) in [5.74, 6) is 0.0771. The van der Waals surface area contributed by atoms with Gasteiger partial charge >= 0.3 is 0 Å². The highest BCUT2D eigenvalue weighted by Gasteiger charge is 2.36. The van der Waals surface area contributed by atoms with Crippen molar-refractivity contribution >= 4 is 33.0 Å². The molecular formula is C24H29N7O4S2. The minimum atomic E-state index is -3.41. The molecule has 0 radical (unpaired) electrons. The number of nitrogens with zero attached hydrogens (tertiary/aromatic N) is 5. The van der Waals surface area contributed by atoms with Crippen molar-refractivity contribution in [1.82, 2.24) is 30.2 Å². The van der Waals surface area contributed by atoms with Crippen LogP contribution >= 0.6 is 11.3 Å². The van der Waals surface area contributed by atoms with Crippen molar-refractivity contribution in [3.63, 3.8) is 0 Å². The molecule has 37 heavy (non-hydrogen) atoms. The van der Waals surface area contributed by atoms with Gasteiger partial charge in [0.05, 0.1) is 46.6 Å². The second-order valence-corrected chi connectivity index (χ2v) is 12.2. The molecule has 1 amide bonds. The Morgan fingerprint density at radius 1 is 1.24 bits per heavy atom. The molecule has 1 saturated carbocycles. The van der Waals surface area contributed by atoms with Gasteiger partial charge in [0.2, 0.25) is 15.9 Å². The number of sulfonamides is 1. The summed E-state index contributed by atoms with van der Waals surface area (Å²) < 4.78 is 33.0. The molecule has 0 unspecified atom stereocenters. The average Bonchev–Trinajstić information content (AvgIpc) is 3.49. The zero-order valence-electron chi connectivity index (χ0n) is 20.6. The first kappa shape index (κ1) is 25.5. The Labute approximate surface area is 219 Å². The van der Waals surface area contributed by atoms with E-state index in [1.54, 1.807) is 30.7 Å². The number of likely N-dealkylation sites (N-methyl/N-ethyl adjacent to an activating group) is 1. The Balaban J connectivity index is 1.38. The van der Waals surface area contributed by atoms with Crippen LogP contribution < -0.4 is 14.8 Å². The van der Waals surface area contributed by atoms with Gasteiger partial charge in [-0.25, -0.2) is 18.4 Å². The van der Waals surface area contributed by atoms with E-state index in [1.165, 1.54) is 17.5 Å². The van der Waals surface area contributed by atoms with Gasteiger partial charge in [0.25, 0.3) is 5.91 Å². The topological polar surface area (TPSA) is 139 Å². The normalized spacial score (nSPS) is 18.9. The zero-order chi connectivity index (χ0) is 26.0. The maximum Gasteiger partial charge on any atom is 0.280 e. The van der Waals surface area contributed by atoms with Crippen molar-refractivity contribution in [3.05, 3.63) is 47.6 Å². The lowest BCUT2D eigenvalue weighted by molar-refractivity contribution is 0.0910. The molecule has 3 aromatic heterocycles. The molecule has 0 spiro atoms. The third kappa shape index (κ3) is 5.89. The van der Waals surface area contributed by atoms with Gasteiger partial charge in [0, 0.05) is 18.4 Å². The third-order valence-electron chi connectivity index (χ3n) is 6.43. The van der Waals surface area contributed by atoms with Crippen LogP contribution in [-0.2, 0) is 10.0 Å². The SMILES string of the molecule is CCOc1cncc(-c2cnc(C(=O)N[C@@H](c3cc(NS(=O)(=O)C4CC4)ccn3)[C@H]3CCCN3C)s2)n1. The highest BCUT2D eigenvalue weighted by Crippen LogP contribution is 2.32. The molecule has 1 saturated heterocycles. The summed E-state index contributed by atoms with van der Waals surface area (Å²) in [5, 5.41) is 3.06. The molecule has 0 bridgehead atoms. The Bertz CT molecular complexity index is 1380. The highest BCUT2D eigenvalue weighted by molar-refractivity contribution is 7.93. The first-order valence-corrected chi connectivity index (χ1v) is 14.6. The molecule has 2 N–H and O–H groups in total. The van der Waals surface area contributed by atoms with E-state index in [1.807, 2.05) is 14.0 Å². The van der Waals surface area contributed by atoms with Gasteiger partial charge in [0.1, 0.15) is 5.69 Å². The van der Waals surface area contributed by atoms with E-state index in [4.69, 9.17) is 4.74 Å². The average molecular weight is 544 g/mol. The van der Waals surface area contributed by atoms with Crippen molar-refractivity contribution < 1.29 is 17.9 Å². The van der Waals surface area contributed by atoms with Crippen molar-refractivity contribution in [2.75, 3.05) is 24.9 Å². The van der Waals surface area contributed by atoms with Crippen LogP contribution in [-0.4, -0.2) is 70.7 Å². The molecule has 2 aliphatic rings. The van der Waals surface area contributed by atoms with Crippen LogP contribution in [0.4, 0.5) is 5.69 Å². The lowest BCUT2D eigenvalue weighted by Gasteiger charge is -2.29. The Kier molecular flexibility index (Phi) is 7.36. The van der Waals surface area contributed by atoms with Crippen LogP contribution in [0.25, 0.3) is 10.6 Å². The molecule has 5 rings (SSSR count). The summed E-state index contributed by atoms with van der Waals surface area (Å²) in [7, 11) is -1.40. The number of ether oxygens (including phenoxy) is 1. The Morgan fingerprint density at radius 2 is 2.08 bits per heavy atom. The van der Waals surface area contributed by atoms with Crippen LogP contribution in [0.15, 0.2) is 36.9 Å². The van der Waals surface area contributed by atoms with Crippen molar-refractivity contribution in [1.29, 1.82) is 0 Å². The second-order valence-electron chi connectivity index (χ2n) is 9.16. The number of thiazole rings is 1. The number of pyridine rings is 1. The quantitative estimate of drug-likeness (QED) is 0.395. The van der Waals surface area contributed by atoms with Gasteiger partial charge in [-0.3, -0.25) is 19.5 Å². The third-order valence-corrected chi connectivity index (χ3v) is 9.32. The fourth-order valence-electron chi connectivity index (χ4n) is 4.42. The largest absolute Gasteiger partial charge is 0.477 e. The number of hydrogen-bond acceptors (Lipinski definition) is 10. The van der Waals surface area contributed by atoms with E-state index in [0.717, 1.165) is 19.4 Å². The number of nitrogens with one attached hydrogen (secondary N) is 2. The number of amides is 1. The number of carbonyl (C=O) groups is 1. The summed E-state index contributed by atoms with van der Waals surface area (Å²) >= 11 is 1.22. The zero-order valence-corrected chi connectivity index (χ0v) is 22.3. The summed E-state index contributed by atoms with van der Waals surface area (Å²) in [4.78, 5) is 33.6. The van der Waals surface area contributed by atoms with Crippen molar-refractivity contribution in [2.45, 2.75) is 49.9 Å². The number of anilines is 1. The van der Waals surface area contributed by atoms with Crippen LogP contribution in [0.1, 0.15) is 54.1 Å². The van der Waals surface area contributed by atoms with E-state index >= 15 is 0 Å². The van der Waals surface area contributed by atoms with E-state index in [-0.39, 0.29) is 22.2 Å². The van der Waals surface area contributed by atoms with Gasteiger partial charge in [-0.05, 0) is 58.3 Å². The molecule has 3 aromatic rings. The molecule has 196 valence electrons. The Morgan fingerprint density at radius 3 is 2.81 bits per heavy atom. The van der Waals surface area contributed by atoms with E-state index in [0.29, 0.717) is 47.3 Å². The predicted octanol–water partition coefficient (Wildman–Crippen LogP) is 2.86. The fourth-order valence-corrected chi connectivity index (χ4v) is 6.57. The first-order valence-electron chi connectivity index (χ1n) is 12.2. The summed E-state index contributed by atoms with van der Waals surface area (Å²) in [6.45, 7) is 3.25. The van der Waals surface area contributed by atoms with Crippen molar-refractivity contribution in [3.8, 4) is 16.5 Å². The number of carbonyl (C=O) groups excluding carboxylic acids is 1. The van der Waals surface area contributed by atoms with E-state index in [9.17, 15) is 13.2 Å². The maximum absolute atomic E-state index is 13.3. The molecule has 4 heterocycles. The van der Waals surface area contributed by atoms with Gasteiger partial charge in [-0.15, -0.1) is 11.3 Å². The molecular weight excluding hydrogens is 514 g/mol. The lowest BCUT2D eigenvalue weighted by Crippen LogP contribution is -2.42. The number of hydrogen-bond donors (Lipinski definition) is 2. The molecule has 1 aliphatic carbocycles. The summed E-state index contributed by atoms with van der Waals surface area (Å²) in [6, 6.07) is 2.91. The van der Waals surface area contributed by atoms with Gasteiger partial charge in [-0.2, -0.15) is 0 Å². The summed E-state index contributed by atoms with van der Waals surface area (Å²) in [6.07, 6.45) is 9.54. The van der Waals surface area contributed by atoms with Crippen LogP contribution in [0.5, 0.6) is 5.88 Å². The maximum atomic E-state index is 13.3. The number of rotatable bonds is 10. The van der Waals surface area contributed by atoms with E-state index in [2.05, 4.69) is 34.9 Å². The molecule has 13 heteroatoms. The second kappa shape index (κ2) is 10.7. The molecule has 0 aromatic carbocycles. The van der Waals surface area contributed by atoms with Gasteiger partial charge < -0.3 is 15.0 Å². The molecule has 2 atom stereocenters. The summed E-state index contributed by atoms with van der Waals surface area (Å²) in [5.41, 5.74) is 1.61. The van der Waals surface area contributed by atoms with Crippen LogP contribution in [0.3, 0.4) is 0 Å². The molecule has 2 fully saturated rings. The highest BCUT2D eigenvalue weighted by atomic mass is 32.2. The lowest BCUT2D eigenvalue weighted by atomic mass is 10.0. The van der Waals surface area contributed by atoms with Gasteiger partial charge in [-0.1, -0.05) is 0 Å². The Hall–Kier alpha value is -3.16. The number of aromatic nitrogens is 4. The minimum Gasteiger partial charge on any atom is -0.477 e. The number of likely N-dealkylation sites (tertiary alicyclic amines) is 1. The smallest absolute Gasteiger partial charge is 0.280 e. The monoisotopic (exact) mass is 543 g/mol. The predicted molar refractivity (Wildman–Crippen MR) is 140 cm³/mol. The molecule has 1 aliphatic heterocycles. The minimum absolute atomic E-state index is 0.0138. The fraction of sp³-hybridized carbons (Fsp3) is 0.458. The first-order chi connectivity index (χ1) is 17.8. The van der Waals surface area contributed by atoms with Crippen molar-refractivity contribution in [2.24, 2.45) is 0 Å². The van der Waals surface area contributed by atoms with E-state index < -0.39 is 16.1 Å². The van der Waals surface area contributed by atoms with Gasteiger partial charge in [0.15, 0.2) is 5.01 Å². The molecule has 11 nitrogen and oxygen atoms in total. The van der Waals surface area contributed by atoms with Crippen LogP contribution in [0.2, 0.25) is 0 Å². The van der Waals surface area contributed by atoms with Crippen LogP contribution in [0, 0.1) is 0 Å². The standard InChI is InChI=1S/C24H29N7O4S2/c1-3-35-21-14-25-12-18(28-21)20-13-27-24(36-20)23(32)29-22(19-5-4-10-31(19)2)17-11-15(8-9-26-17)30-37(33,34)16-6-7-16/h8-9,11-14,16,19,22H,3-7,10H2,1-2H3,(H,26,30)(H,29,32)/t19-,22+/m1/s1.